The largest absolute Gasteiger partial charge is 0.478 e. The van der Waals surface area contributed by atoms with Crippen molar-refractivity contribution in [3.05, 3.63) is 11.1 Å². The Morgan fingerprint density at radius 1 is 1.50 bits per heavy atom. The molecule has 2 bridgehead atoms. The van der Waals surface area contributed by atoms with E-state index < -0.39 is 5.97 Å². The number of carboxylic acid groups (broad SMARTS) is 1. The molecule has 0 aromatic rings. The van der Waals surface area contributed by atoms with Crippen LogP contribution in [-0.4, -0.2) is 29.3 Å². The minimum absolute atomic E-state index is 0.0995. The molecule has 0 spiro atoms. The number of carbonyl (C=O) groups excluding carboxylic acids is 1. The molecule has 0 aromatic carbocycles. The van der Waals surface area contributed by atoms with Crippen molar-refractivity contribution in [1.82, 2.24) is 5.32 Å². The molecule has 3 aliphatic heterocycles. The Bertz CT molecular complexity index is 367. The van der Waals surface area contributed by atoms with Crippen molar-refractivity contribution in [1.29, 1.82) is 0 Å². The van der Waals surface area contributed by atoms with Crippen LogP contribution in [0, 0.1) is 5.92 Å². The van der Waals surface area contributed by atoms with Crippen molar-refractivity contribution in [2.45, 2.75) is 25.3 Å². The van der Waals surface area contributed by atoms with Crippen molar-refractivity contribution >= 4 is 11.8 Å². The van der Waals surface area contributed by atoms with E-state index in [9.17, 15) is 9.59 Å². The smallest absolute Gasteiger partial charge is 0.331 e. The SMILES string of the molecule is O=C(O)C1=C2C3NC(O3)C2C(=O)CC1. The van der Waals surface area contributed by atoms with Gasteiger partial charge in [0.25, 0.3) is 0 Å². The first-order valence-corrected chi connectivity index (χ1v) is 4.59. The summed E-state index contributed by atoms with van der Waals surface area (Å²) in [5.41, 5.74) is 1.03. The zero-order valence-electron chi connectivity index (χ0n) is 7.32. The van der Waals surface area contributed by atoms with Crippen molar-refractivity contribution in [2.75, 3.05) is 0 Å². The van der Waals surface area contributed by atoms with E-state index in [1.54, 1.807) is 0 Å². The van der Waals surface area contributed by atoms with Gasteiger partial charge in [-0.15, -0.1) is 0 Å². The van der Waals surface area contributed by atoms with Gasteiger partial charge in [-0.3, -0.25) is 10.1 Å². The predicted octanol–water partition coefficient (Wildman–Crippen LogP) is -0.368. The number of carboxylic acids is 1. The van der Waals surface area contributed by atoms with E-state index in [0.29, 0.717) is 24.0 Å². The van der Waals surface area contributed by atoms with Crippen LogP contribution in [0.4, 0.5) is 0 Å². The van der Waals surface area contributed by atoms with Gasteiger partial charge >= 0.3 is 5.97 Å². The van der Waals surface area contributed by atoms with E-state index in [4.69, 9.17) is 9.84 Å². The molecule has 3 atom stereocenters. The molecule has 4 rings (SSSR count). The van der Waals surface area contributed by atoms with Gasteiger partial charge in [0, 0.05) is 12.0 Å². The Balaban J connectivity index is 2.11. The molecule has 74 valence electrons. The third-order valence-corrected chi connectivity index (χ3v) is 3.09. The van der Waals surface area contributed by atoms with Gasteiger partial charge in [-0.05, 0) is 12.0 Å². The van der Waals surface area contributed by atoms with Crippen LogP contribution in [0.1, 0.15) is 12.8 Å². The van der Waals surface area contributed by atoms with E-state index in [-0.39, 0.29) is 24.2 Å². The molecule has 0 amide bonds. The number of Topliss-reactive ketones (excluding diaryl/α,β-unsaturated/α-hetero) is 1. The molecule has 1 aliphatic carbocycles. The minimum Gasteiger partial charge on any atom is -0.478 e. The first-order chi connectivity index (χ1) is 6.68. The van der Waals surface area contributed by atoms with Crippen LogP contribution in [0.2, 0.25) is 0 Å². The lowest BCUT2D eigenvalue weighted by Crippen LogP contribution is -2.49. The second-order valence-corrected chi connectivity index (χ2v) is 3.79. The molecule has 4 aliphatic rings. The maximum absolute atomic E-state index is 11.5. The summed E-state index contributed by atoms with van der Waals surface area (Å²) in [4.78, 5) is 22.4. The van der Waals surface area contributed by atoms with Crippen molar-refractivity contribution < 1.29 is 19.4 Å². The molecule has 0 aromatic heterocycles. The highest BCUT2D eigenvalue weighted by molar-refractivity contribution is 5.96. The van der Waals surface area contributed by atoms with Crippen molar-refractivity contribution in [3.8, 4) is 0 Å². The summed E-state index contributed by atoms with van der Waals surface area (Å²) in [5.74, 6) is -1.15. The van der Waals surface area contributed by atoms with Crippen molar-refractivity contribution in [3.63, 3.8) is 0 Å². The fourth-order valence-electron chi connectivity index (χ4n) is 2.43. The fraction of sp³-hybridized carbons (Fsp3) is 0.556. The Labute approximate surface area is 79.7 Å². The Hall–Kier alpha value is -1.20. The van der Waals surface area contributed by atoms with Gasteiger partial charge in [-0.25, -0.2) is 4.79 Å². The summed E-state index contributed by atoms with van der Waals surface area (Å²) < 4.78 is 5.29. The lowest BCUT2D eigenvalue weighted by molar-refractivity contribution is -0.135. The Kier molecular flexibility index (Phi) is 1.41. The van der Waals surface area contributed by atoms with Crippen LogP contribution >= 0.6 is 0 Å². The van der Waals surface area contributed by atoms with E-state index in [1.165, 1.54) is 0 Å². The van der Waals surface area contributed by atoms with Crippen LogP contribution in [-0.2, 0) is 14.3 Å². The predicted molar refractivity (Wildman–Crippen MR) is 44.2 cm³/mol. The van der Waals surface area contributed by atoms with Gasteiger partial charge in [0.05, 0.1) is 5.92 Å². The molecule has 3 unspecified atom stereocenters. The summed E-state index contributed by atoms with van der Waals surface area (Å²) in [6.45, 7) is 0. The first kappa shape index (κ1) is 8.14. The number of hydrogen-bond donors (Lipinski definition) is 2. The Morgan fingerprint density at radius 3 is 2.86 bits per heavy atom. The molecule has 14 heavy (non-hydrogen) atoms. The maximum atomic E-state index is 11.5. The summed E-state index contributed by atoms with van der Waals surface area (Å²) in [6.07, 6.45) is 0.0794. The number of carbonyl (C=O) groups is 2. The van der Waals surface area contributed by atoms with Gasteiger partial charge in [0.15, 0.2) is 0 Å². The van der Waals surface area contributed by atoms with E-state index >= 15 is 0 Å². The fourth-order valence-corrected chi connectivity index (χ4v) is 2.43. The highest BCUT2D eigenvalue weighted by atomic mass is 16.6. The molecular formula is C9H9NO4. The third kappa shape index (κ3) is 0.809. The summed E-state index contributed by atoms with van der Waals surface area (Å²) in [7, 11) is 0. The number of aliphatic carboxylic acids is 1. The van der Waals surface area contributed by atoms with Gasteiger partial charge in [0.2, 0.25) is 0 Å². The standard InChI is InChI=1S/C9H9NO4/c11-4-2-1-3(9(12)13)5-6(4)8-10-7(5)14-8/h6-8,10H,1-2H2,(H,12,13). The van der Waals surface area contributed by atoms with Gasteiger partial charge in [0.1, 0.15) is 18.2 Å². The van der Waals surface area contributed by atoms with Crippen LogP contribution in [0.25, 0.3) is 0 Å². The second-order valence-electron chi connectivity index (χ2n) is 3.79. The van der Waals surface area contributed by atoms with E-state index in [1.807, 2.05) is 0 Å². The lowest BCUT2D eigenvalue weighted by Gasteiger charge is -2.26. The maximum Gasteiger partial charge on any atom is 0.331 e. The van der Waals surface area contributed by atoms with Crippen molar-refractivity contribution in [2.24, 2.45) is 5.92 Å². The molecule has 0 saturated carbocycles. The highest BCUT2D eigenvalue weighted by Crippen LogP contribution is 2.44. The quantitative estimate of drug-likeness (QED) is 0.597. The second kappa shape index (κ2) is 2.43. The molecule has 2 N–H and O–H groups in total. The molecule has 5 nitrogen and oxygen atoms in total. The van der Waals surface area contributed by atoms with E-state index in [0.717, 1.165) is 0 Å². The molecule has 3 heterocycles. The van der Waals surface area contributed by atoms with Crippen LogP contribution in [0.5, 0.6) is 0 Å². The average Bonchev–Trinajstić information content (AvgIpc) is 2.56. The highest BCUT2D eigenvalue weighted by Gasteiger charge is 2.56. The number of ether oxygens (including phenoxy) is 1. The summed E-state index contributed by atoms with van der Waals surface area (Å²) >= 11 is 0. The average molecular weight is 195 g/mol. The van der Waals surface area contributed by atoms with Crippen LogP contribution in [0.3, 0.4) is 0 Å². The topological polar surface area (TPSA) is 75.6 Å². The lowest BCUT2D eigenvalue weighted by atomic mass is 9.84. The molecule has 3 saturated heterocycles. The number of nitrogens with one attached hydrogen (secondary N) is 1. The summed E-state index contributed by atoms with van der Waals surface area (Å²) in [6, 6.07) is 0. The van der Waals surface area contributed by atoms with Gasteiger partial charge in [-0.2, -0.15) is 0 Å². The first-order valence-electron chi connectivity index (χ1n) is 4.59. The van der Waals surface area contributed by atoms with Crippen LogP contribution < -0.4 is 5.32 Å². The summed E-state index contributed by atoms with van der Waals surface area (Å²) in [5, 5.41) is 12.0. The van der Waals surface area contributed by atoms with Crippen LogP contribution in [0.15, 0.2) is 11.1 Å². The third-order valence-electron chi connectivity index (χ3n) is 3.09. The zero-order chi connectivity index (χ0) is 9.87. The van der Waals surface area contributed by atoms with Gasteiger partial charge in [-0.1, -0.05) is 0 Å². The van der Waals surface area contributed by atoms with Gasteiger partial charge < -0.3 is 9.84 Å². The molecule has 0 radical (unpaired) electrons. The minimum atomic E-state index is -0.921. The normalized spacial score (nSPS) is 39.4. The number of hydrogen-bond acceptors (Lipinski definition) is 4. The van der Waals surface area contributed by atoms with E-state index in [2.05, 4.69) is 5.32 Å². The zero-order valence-corrected chi connectivity index (χ0v) is 7.32. The molecular weight excluding hydrogens is 186 g/mol. The molecule has 3 fully saturated rings. The monoisotopic (exact) mass is 195 g/mol. The number of rotatable bonds is 1. The molecule has 5 heteroatoms. The number of ketones is 1. The Morgan fingerprint density at radius 2 is 2.21 bits per heavy atom.